The summed E-state index contributed by atoms with van der Waals surface area (Å²) >= 11 is 6.44. The van der Waals surface area contributed by atoms with E-state index in [2.05, 4.69) is 0 Å². The number of ketones is 1. The van der Waals surface area contributed by atoms with Gasteiger partial charge in [0.05, 0.1) is 12.2 Å². The van der Waals surface area contributed by atoms with Gasteiger partial charge >= 0.3 is 5.97 Å². The van der Waals surface area contributed by atoms with E-state index < -0.39 is 5.97 Å². The molecular weight excluding hydrogens is 408 g/mol. The third-order valence-electron chi connectivity index (χ3n) is 5.28. The molecule has 4 heteroatoms. The Morgan fingerprint density at radius 3 is 2.13 bits per heavy atom. The zero-order chi connectivity index (χ0) is 22.0. The molecule has 0 N–H and O–H groups in total. The molecule has 0 aliphatic rings. The highest BCUT2D eigenvalue weighted by Gasteiger charge is 2.22. The zero-order valence-electron chi connectivity index (χ0n) is 17.3. The maximum atomic E-state index is 12.9. The molecule has 4 aromatic carbocycles. The van der Waals surface area contributed by atoms with E-state index in [0.29, 0.717) is 32.8 Å². The molecule has 154 valence electrons. The molecule has 0 aliphatic heterocycles. The van der Waals surface area contributed by atoms with Gasteiger partial charge in [-0.05, 0) is 59.5 Å². The first-order valence-electron chi connectivity index (χ1n) is 10.1. The van der Waals surface area contributed by atoms with Gasteiger partial charge in [-0.3, -0.25) is 4.79 Å². The molecule has 0 bridgehead atoms. The van der Waals surface area contributed by atoms with E-state index in [1.54, 1.807) is 25.1 Å². The fourth-order valence-corrected chi connectivity index (χ4v) is 4.09. The molecule has 0 atom stereocenters. The zero-order valence-corrected chi connectivity index (χ0v) is 18.1. The summed E-state index contributed by atoms with van der Waals surface area (Å²) in [5.41, 5.74) is 3.75. The number of fused-ring (bicyclic) bond motifs is 1. The van der Waals surface area contributed by atoms with Crippen molar-refractivity contribution in [3.63, 3.8) is 0 Å². The van der Waals surface area contributed by atoms with E-state index in [4.69, 9.17) is 16.3 Å². The lowest BCUT2D eigenvalue weighted by Crippen LogP contribution is -2.09. The second kappa shape index (κ2) is 8.75. The quantitative estimate of drug-likeness (QED) is 0.249. The summed E-state index contributed by atoms with van der Waals surface area (Å²) in [6, 6.07) is 24.7. The van der Waals surface area contributed by atoms with Crippen LogP contribution < -0.4 is 0 Å². The SMILES string of the molecule is CCOC(=O)c1cc(-c2cccc3ccccc23)c(C(C)=O)cc1-c1ccccc1Cl. The summed E-state index contributed by atoms with van der Waals surface area (Å²) in [5.74, 6) is -0.541. The van der Waals surface area contributed by atoms with Crippen LogP contribution in [0.4, 0.5) is 0 Å². The highest BCUT2D eigenvalue weighted by atomic mass is 35.5. The number of carbonyl (C=O) groups is 2. The van der Waals surface area contributed by atoms with Crippen LogP contribution in [-0.2, 0) is 4.74 Å². The summed E-state index contributed by atoms with van der Waals surface area (Å²) in [6.45, 7) is 3.55. The van der Waals surface area contributed by atoms with Crippen molar-refractivity contribution in [3.8, 4) is 22.3 Å². The summed E-state index contributed by atoms with van der Waals surface area (Å²) < 4.78 is 5.34. The Morgan fingerprint density at radius 1 is 0.774 bits per heavy atom. The van der Waals surface area contributed by atoms with Crippen LogP contribution in [-0.4, -0.2) is 18.4 Å². The van der Waals surface area contributed by atoms with Crippen LogP contribution >= 0.6 is 11.6 Å². The van der Waals surface area contributed by atoms with Crippen LogP contribution in [0.5, 0.6) is 0 Å². The van der Waals surface area contributed by atoms with E-state index in [9.17, 15) is 9.59 Å². The van der Waals surface area contributed by atoms with Gasteiger partial charge in [-0.15, -0.1) is 0 Å². The van der Waals surface area contributed by atoms with Gasteiger partial charge in [-0.25, -0.2) is 4.79 Å². The summed E-state index contributed by atoms with van der Waals surface area (Å²) in [5, 5.41) is 2.57. The molecule has 0 saturated heterocycles. The van der Waals surface area contributed by atoms with Gasteiger partial charge in [0, 0.05) is 16.1 Å². The van der Waals surface area contributed by atoms with Crippen molar-refractivity contribution in [2.75, 3.05) is 6.61 Å². The highest BCUT2D eigenvalue weighted by molar-refractivity contribution is 6.33. The van der Waals surface area contributed by atoms with Gasteiger partial charge in [-0.1, -0.05) is 72.3 Å². The molecule has 0 unspecified atom stereocenters. The molecule has 31 heavy (non-hydrogen) atoms. The van der Waals surface area contributed by atoms with Crippen molar-refractivity contribution in [3.05, 3.63) is 95.0 Å². The van der Waals surface area contributed by atoms with Crippen LogP contribution in [0.15, 0.2) is 78.9 Å². The topological polar surface area (TPSA) is 43.4 Å². The molecule has 0 aliphatic carbocycles. The number of rotatable bonds is 5. The minimum Gasteiger partial charge on any atom is -0.462 e. The number of hydrogen-bond acceptors (Lipinski definition) is 3. The Balaban J connectivity index is 2.07. The van der Waals surface area contributed by atoms with Crippen LogP contribution in [0.2, 0.25) is 5.02 Å². The maximum Gasteiger partial charge on any atom is 0.338 e. The lowest BCUT2D eigenvalue weighted by atomic mass is 9.87. The van der Waals surface area contributed by atoms with Crippen LogP contribution in [0.25, 0.3) is 33.0 Å². The molecule has 0 aromatic heterocycles. The van der Waals surface area contributed by atoms with E-state index >= 15 is 0 Å². The van der Waals surface area contributed by atoms with Gasteiger partial charge in [0.1, 0.15) is 0 Å². The third-order valence-corrected chi connectivity index (χ3v) is 5.61. The highest BCUT2D eigenvalue weighted by Crippen LogP contribution is 2.38. The molecule has 3 nitrogen and oxygen atoms in total. The van der Waals surface area contributed by atoms with E-state index in [0.717, 1.165) is 16.3 Å². The second-order valence-corrected chi connectivity index (χ2v) is 7.63. The Labute approximate surface area is 186 Å². The van der Waals surface area contributed by atoms with Crippen LogP contribution in [0.3, 0.4) is 0 Å². The summed E-state index contributed by atoms with van der Waals surface area (Å²) in [4.78, 5) is 25.6. The Hall–Kier alpha value is -3.43. The van der Waals surface area contributed by atoms with Crippen LogP contribution in [0.1, 0.15) is 34.6 Å². The first kappa shape index (κ1) is 20.8. The number of hydrogen-bond donors (Lipinski definition) is 0. The van der Waals surface area contributed by atoms with E-state index in [1.165, 1.54) is 6.92 Å². The van der Waals surface area contributed by atoms with Crippen molar-refractivity contribution in [1.82, 2.24) is 0 Å². The monoisotopic (exact) mass is 428 g/mol. The van der Waals surface area contributed by atoms with Gasteiger partial charge in [0.25, 0.3) is 0 Å². The van der Waals surface area contributed by atoms with Crippen LogP contribution in [0, 0.1) is 0 Å². The van der Waals surface area contributed by atoms with Crippen molar-refractivity contribution in [1.29, 1.82) is 0 Å². The molecule has 4 aromatic rings. The van der Waals surface area contributed by atoms with Gasteiger partial charge in [0.15, 0.2) is 5.78 Å². The number of ether oxygens (including phenoxy) is 1. The predicted octanol–water partition coefficient (Wildman–Crippen LogP) is 7.21. The lowest BCUT2D eigenvalue weighted by Gasteiger charge is -2.17. The number of carbonyl (C=O) groups excluding carboxylic acids is 2. The summed E-state index contributed by atoms with van der Waals surface area (Å²) in [7, 11) is 0. The fourth-order valence-electron chi connectivity index (χ4n) is 3.85. The van der Waals surface area contributed by atoms with Crippen molar-refractivity contribution in [2.24, 2.45) is 0 Å². The number of Topliss-reactive ketones (excluding diaryl/α,β-unsaturated/α-hetero) is 1. The van der Waals surface area contributed by atoms with Crippen molar-refractivity contribution >= 4 is 34.1 Å². The first-order chi connectivity index (χ1) is 15.0. The van der Waals surface area contributed by atoms with Crippen molar-refractivity contribution < 1.29 is 14.3 Å². The molecule has 0 spiro atoms. The molecule has 0 saturated carbocycles. The summed E-state index contributed by atoms with van der Waals surface area (Å²) in [6.07, 6.45) is 0. The van der Waals surface area contributed by atoms with Gasteiger partial charge in [-0.2, -0.15) is 0 Å². The Kier molecular flexibility index (Phi) is 5.88. The van der Waals surface area contributed by atoms with E-state index in [-0.39, 0.29) is 12.4 Å². The molecule has 4 rings (SSSR count). The molecule has 0 fully saturated rings. The van der Waals surface area contributed by atoms with Gasteiger partial charge in [0.2, 0.25) is 0 Å². The Morgan fingerprint density at radius 2 is 1.39 bits per heavy atom. The number of benzene rings is 4. The second-order valence-electron chi connectivity index (χ2n) is 7.23. The maximum absolute atomic E-state index is 12.9. The lowest BCUT2D eigenvalue weighted by molar-refractivity contribution is 0.0527. The largest absolute Gasteiger partial charge is 0.462 e. The first-order valence-corrected chi connectivity index (χ1v) is 10.5. The minimum atomic E-state index is -0.450. The smallest absolute Gasteiger partial charge is 0.338 e. The number of esters is 1. The minimum absolute atomic E-state index is 0.0911. The average molecular weight is 429 g/mol. The molecule has 0 radical (unpaired) electrons. The average Bonchev–Trinajstić information content (AvgIpc) is 2.78. The molecule has 0 amide bonds. The standard InChI is InChI=1S/C27H21ClO3/c1-3-31-27(30)25-16-23(20-13-8-10-18-9-4-5-11-19(18)20)22(17(2)29)15-24(25)21-12-6-7-14-26(21)28/h4-16H,3H2,1-2H3. The van der Waals surface area contributed by atoms with E-state index in [1.807, 2.05) is 60.7 Å². The fraction of sp³-hybridized carbons (Fsp3) is 0.111. The molecule has 0 heterocycles. The molecular formula is C27H21ClO3. The van der Waals surface area contributed by atoms with Crippen molar-refractivity contribution in [2.45, 2.75) is 13.8 Å². The number of halogens is 1. The normalized spacial score (nSPS) is 10.8. The van der Waals surface area contributed by atoms with Gasteiger partial charge < -0.3 is 4.74 Å². The third kappa shape index (κ3) is 3.97. The predicted molar refractivity (Wildman–Crippen MR) is 126 cm³/mol. The Bertz CT molecular complexity index is 1300.